The summed E-state index contributed by atoms with van der Waals surface area (Å²) < 4.78 is 4.30. The number of halogens is 1. The Hall–Kier alpha value is -1.62. The molecule has 0 saturated carbocycles. The van der Waals surface area contributed by atoms with Crippen molar-refractivity contribution in [2.75, 3.05) is 6.38 Å². The van der Waals surface area contributed by atoms with Crippen LogP contribution in [0.3, 0.4) is 0 Å². The number of carbonyl (C=O) groups excluding carboxylic acids is 1. The molecular formula is C11H18ClNO4. The summed E-state index contributed by atoms with van der Waals surface area (Å²) in [4.78, 5) is 19.5. The number of hydrogen-bond donors (Lipinski definition) is 0. The quantitative estimate of drug-likeness (QED) is 0.191. The standard InChI is InChI=1S/C8H9NO4.C2H6.CH3Cl/c1-3-8(9(11)12)5-4-7(2)13-6-10;2*1-2/h3-6H,2H2,1H3;1-2H3;1H3/b5-4-,8-3+;;. The van der Waals surface area contributed by atoms with E-state index < -0.39 is 4.92 Å². The second-order valence-electron chi connectivity index (χ2n) is 1.98. The van der Waals surface area contributed by atoms with Gasteiger partial charge in [-0.3, -0.25) is 14.9 Å². The molecule has 0 aliphatic rings. The Morgan fingerprint density at radius 1 is 1.35 bits per heavy atom. The highest BCUT2D eigenvalue weighted by molar-refractivity contribution is 6.15. The van der Waals surface area contributed by atoms with Crippen LogP contribution in [0.5, 0.6) is 0 Å². The van der Waals surface area contributed by atoms with Crippen LogP contribution in [-0.2, 0) is 9.53 Å². The summed E-state index contributed by atoms with van der Waals surface area (Å²) in [6, 6.07) is 0. The van der Waals surface area contributed by atoms with E-state index in [1.165, 1.54) is 31.5 Å². The van der Waals surface area contributed by atoms with Crippen molar-refractivity contribution in [3.63, 3.8) is 0 Å². The molecule has 0 aliphatic carbocycles. The summed E-state index contributed by atoms with van der Waals surface area (Å²) in [7, 11) is 0. The highest BCUT2D eigenvalue weighted by atomic mass is 35.5. The fraction of sp³-hybridized carbons (Fsp3) is 0.364. The molecule has 0 spiro atoms. The van der Waals surface area contributed by atoms with Crippen molar-refractivity contribution in [1.29, 1.82) is 0 Å². The van der Waals surface area contributed by atoms with E-state index in [-0.39, 0.29) is 17.9 Å². The third kappa shape index (κ3) is 14.4. The lowest BCUT2D eigenvalue weighted by Gasteiger charge is -1.92. The van der Waals surface area contributed by atoms with Gasteiger partial charge in [-0.1, -0.05) is 20.4 Å². The monoisotopic (exact) mass is 263 g/mol. The van der Waals surface area contributed by atoms with E-state index in [0.717, 1.165) is 0 Å². The number of carbonyl (C=O) groups is 1. The van der Waals surface area contributed by atoms with Gasteiger partial charge in [-0.2, -0.15) is 0 Å². The van der Waals surface area contributed by atoms with Crippen molar-refractivity contribution in [1.82, 2.24) is 0 Å². The molecule has 0 rings (SSSR count). The van der Waals surface area contributed by atoms with Crippen molar-refractivity contribution < 1.29 is 14.5 Å². The summed E-state index contributed by atoms with van der Waals surface area (Å²) in [5.74, 6) is 0.0520. The van der Waals surface area contributed by atoms with Crippen LogP contribution >= 0.6 is 11.6 Å². The fourth-order valence-electron chi connectivity index (χ4n) is 0.542. The van der Waals surface area contributed by atoms with E-state index in [2.05, 4.69) is 22.9 Å². The van der Waals surface area contributed by atoms with E-state index in [0.29, 0.717) is 0 Å². The Balaban J connectivity index is -0.000000439. The van der Waals surface area contributed by atoms with Crippen molar-refractivity contribution in [3.8, 4) is 0 Å². The summed E-state index contributed by atoms with van der Waals surface area (Å²) in [5.41, 5.74) is -0.0874. The van der Waals surface area contributed by atoms with Crippen LogP contribution in [0.4, 0.5) is 0 Å². The Morgan fingerprint density at radius 3 is 2.12 bits per heavy atom. The Kier molecular flexibility index (Phi) is 20.5. The molecule has 0 saturated heterocycles. The Labute approximate surface area is 107 Å². The maximum absolute atomic E-state index is 10.2. The predicted octanol–water partition coefficient (Wildman–Crippen LogP) is 3.29. The molecule has 0 aromatic heterocycles. The number of ether oxygens (including phenoxy) is 1. The van der Waals surface area contributed by atoms with Crippen molar-refractivity contribution in [2.24, 2.45) is 0 Å². The molecule has 0 heterocycles. The normalized spacial score (nSPS) is 9.35. The minimum atomic E-state index is -0.551. The van der Waals surface area contributed by atoms with E-state index in [1.54, 1.807) is 0 Å². The molecule has 0 aromatic rings. The lowest BCUT2D eigenvalue weighted by molar-refractivity contribution is -0.419. The summed E-state index contributed by atoms with van der Waals surface area (Å²) >= 11 is 4.64. The highest BCUT2D eigenvalue weighted by Gasteiger charge is 2.02. The molecule has 0 bridgehead atoms. The van der Waals surface area contributed by atoms with E-state index in [1.807, 2.05) is 13.8 Å². The molecule has 5 nitrogen and oxygen atoms in total. The molecule has 0 N–H and O–H groups in total. The molecule has 0 amide bonds. The van der Waals surface area contributed by atoms with Crippen LogP contribution < -0.4 is 0 Å². The highest BCUT2D eigenvalue weighted by Crippen LogP contribution is 2.01. The maximum Gasteiger partial charge on any atom is 0.298 e. The van der Waals surface area contributed by atoms with Crippen molar-refractivity contribution >= 4 is 18.1 Å². The van der Waals surface area contributed by atoms with Crippen LogP contribution in [0.15, 0.2) is 36.3 Å². The molecular weight excluding hydrogens is 246 g/mol. The lowest BCUT2D eigenvalue weighted by Crippen LogP contribution is -1.94. The van der Waals surface area contributed by atoms with E-state index >= 15 is 0 Å². The van der Waals surface area contributed by atoms with Crippen LogP contribution in [0, 0.1) is 10.1 Å². The van der Waals surface area contributed by atoms with Crippen LogP contribution in [0.1, 0.15) is 20.8 Å². The molecule has 98 valence electrons. The van der Waals surface area contributed by atoms with Gasteiger partial charge in [0.05, 0.1) is 4.92 Å². The van der Waals surface area contributed by atoms with E-state index in [4.69, 9.17) is 0 Å². The molecule has 0 aliphatic heterocycles. The minimum absolute atomic E-state index is 0.0520. The summed E-state index contributed by atoms with van der Waals surface area (Å²) in [5, 5.41) is 10.2. The first-order chi connectivity index (χ1) is 8.11. The first kappa shape index (κ1) is 20.8. The third-order valence-corrected chi connectivity index (χ3v) is 1.15. The zero-order valence-corrected chi connectivity index (χ0v) is 11.2. The second kappa shape index (κ2) is 16.8. The summed E-state index contributed by atoms with van der Waals surface area (Å²) in [6.45, 7) is 9.06. The number of rotatable bonds is 5. The van der Waals surface area contributed by atoms with Crippen molar-refractivity contribution in [2.45, 2.75) is 20.8 Å². The number of nitrogens with zero attached hydrogens (tertiary/aromatic N) is 1. The van der Waals surface area contributed by atoms with Gasteiger partial charge in [-0.05, 0) is 19.1 Å². The predicted molar refractivity (Wildman–Crippen MR) is 69.3 cm³/mol. The van der Waals surface area contributed by atoms with Gasteiger partial charge in [0.2, 0.25) is 0 Å². The van der Waals surface area contributed by atoms with Gasteiger partial charge in [0.1, 0.15) is 5.76 Å². The molecule has 6 heteroatoms. The molecule has 0 radical (unpaired) electrons. The molecule has 0 unspecified atom stereocenters. The van der Waals surface area contributed by atoms with Crippen molar-refractivity contribution in [3.05, 3.63) is 46.4 Å². The Bertz CT molecular complexity index is 285. The van der Waals surface area contributed by atoms with Gasteiger partial charge in [0, 0.05) is 12.5 Å². The first-order valence-electron chi connectivity index (χ1n) is 4.77. The van der Waals surface area contributed by atoms with Gasteiger partial charge >= 0.3 is 0 Å². The van der Waals surface area contributed by atoms with Gasteiger partial charge in [-0.25, -0.2) is 0 Å². The van der Waals surface area contributed by atoms with E-state index in [9.17, 15) is 14.9 Å². The zero-order valence-electron chi connectivity index (χ0n) is 10.5. The number of hydrogen-bond acceptors (Lipinski definition) is 4. The van der Waals surface area contributed by atoms with Gasteiger partial charge in [0.25, 0.3) is 12.2 Å². The number of allylic oxidation sites excluding steroid dienone is 3. The average molecular weight is 264 g/mol. The van der Waals surface area contributed by atoms with Gasteiger partial charge in [0.15, 0.2) is 0 Å². The van der Waals surface area contributed by atoms with Crippen LogP contribution in [0.25, 0.3) is 0 Å². The second-order valence-corrected chi connectivity index (χ2v) is 1.98. The Morgan fingerprint density at radius 2 is 1.82 bits per heavy atom. The smallest absolute Gasteiger partial charge is 0.298 e. The molecule has 0 fully saturated rings. The summed E-state index contributed by atoms with van der Waals surface area (Å²) in [6.07, 6.45) is 5.24. The number of nitro groups is 1. The van der Waals surface area contributed by atoms with Gasteiger partial charge in [-0.15, -0.1) is 11.6 Å². The maximum atomic E-state index is 10.2. The fourth-order valence-corrected chi connectivity index (χ4v) is 0.542. The minimum Gasteiger partial charge on any atom is -0.429 e. The average Bonchev–Trinajstić information content (AvgIpc) is 2.35. The molecule has 17 heavy (non-hydrogen) atoms. The third-order valence-electron chi connectivity index (χ3n) is 1.15. The number of alkyl halides is 1. The van der Waals surface area contributed by atoms with Crippen LogP contribution in [-0.4, -0.2) is 17.8 Å². The molecule has 0 atom stereocenters. The molecule has 0 aromatic carbocycles. The SMILES string of the molecule is C=C(/C=C\C(=C/C)[N+](=O)[O-])OC=O.CC.CCl. The zero-order chi connectivity index (χ0) is 14.3. The van der Waals surface area contributed by atoms with Gasteiger partial charge < -0.3 is 4.74 Å². The van der Waals surface area contributed by atoms with Crippen LogP contribution in [0.2, 0.25) is 0 Å². The first-order valence-corrected chi connectivity index (χ1v) is 5.53. The largest absolute Gasteiger partial charge is 0.429 e. The lowest BCUT2D eigenvalue weighted by atomic mass is 10.3. The topological polar surface area (TPSA) is 69.4 Å².